The van der Waals surface area contributed by atoms with E-state index in [1.165, 1.54) is 12.0 Å². The number of hydrogen-bond donors (Lipinski definition) is 1. The molecule has 1 spiro atoms. The standard InChI is InChI=1S/C19H25NO2/c1-4-14-10-12(2)15(13(3)11-14)16-17(21)19(20-18(16)22)8-6-5-7-9-19/h10-11,16H,4-9H2,1-3H3,(H,20,22). The van der Waals surface area contributed by atoms with E-state index in [0.717, 1.165) is 48.8 Å². The summed E-state index contributed by atoms with van der Waals surface area (Å²) < 4.78 is 0. The lowest BCUT2D eigenvalue weighted by atomic mass is 9.75. The van der Waals surface area contributed by atoms with Gasteiger partial charge in [0.15, 0.2) is 5.78 Å². The molecule has 1 heterocycles. The van der Waals surface area contributed by atoms with Crippen LogP contribution in [0.5, 0.6) is 0 Å². The first-order valence-corrected chi connectivity index (χ1v) is 8.45. The van der Waals surface area contributed by atoms with E-state index in [9.17, 15) is 9.59 Å². The molecule has 1 aliphatic heterocycles. The van der Waals surface area contributed by atoms with Crippen molar-refractivity contribution in [1.82, 2.24) is 5.32 Å². The highest BCUT2D eigenvalue weighted by molar-refractivity contribution is 6.17. The molecule has 0 radical (unpaired) electrons. The molecular weight excluding hydrogens is 274 g/mol. The summed E-state index contributed by atoms with van der Waals surface area (Å²) in [6, 6.07) is 4.24. The van der Waals surface area contributed by atoms with Gasteiger partial charge in [0.2, 0.25) is 5.91 Å². The Morgan fingerprint density at radius 3 is 2.23 bits per heavy atom. The van der Waals surface area contributed by atoms with Crippen molar-refractivity contribution >= 4 is 11.7 Å². The van der Waals surface area contributed by atoms with Gasteiger partial charge in [-0.3, -0.25) is 9.59 Å². The normalized spacial score (nSPS) is 23.9. The van der Waals surface area contributed by atoms with E-state index in [1.54, 1.807) is 0 Å². The quantitative estimate of drug-likeness (QED) is 0.851. The van der Waals surface area contributed by atoms with Crippen LogP contribution >= 0.6 is 0 Å². The van der Waals surface area contributed by atoms with Gasteiger partial charge in [-0.15, -0.1) is 0 Å². The first kappa shape index (κ1) is 15.3. The third-order valence-corrected chi connectivity index (χ3v) is 5.42. The number of rotatable bonds is 2. The Morgan fingerprint density at radius 2 is 1.68 bits per heavy atom. The number of Topliss-reactive ketones (excluding diaryl/α,β-unsaturated/α-hetero) is 1. The Bertz CT molecular complexity index is 603. The Morgan fingerprint density at radius 1 is 1.09 bits per heavy atom. The maximum atomic E-state index is 13.1. The maximum Gasteiger partial charge on any atom is 0.235 e. The summed E-state index contributed by atoms with van der Waals surface area (Å²) in [7, 11) is 0. The molecule has 0 aromatic heterocycles. The summed E-state index contributed by atoms with van der Waals surface area (Å²) in [6.07, 6.45) is 5.81. The van der Waals surface area contributed by atoms with Gasteiger partial charge in [0.05, 0.1) is 5.54 Å². The summed E-state index contributed by atoms with van der Waals surface area (Å²) in [6.45, 7) is 6.17. The second kappa shape index (κ2) is 5.53. The lowest BCUT2D eigenvalue weighted by Crippen LogP contribution is -2.47. The number of aryl methyl sites for hydroxylation is 3. The molecule has 22 heavy (non-hydrogen) atoms. The van der Waals surface area contributed by atoms with E-state index in [4.69, 9.17) is 0 Å². The highest BCUT2D eigenvalue weighted by atomic mass is 16.2. The van der Waals surface area contributed by atoms with E-state index >= 15 is 0 Å². The summed E-state index contributed by atoms with van der Waals surface area (Å²) >= 11 is 0. The average Bonchev–Trinajstić information content (AvgIpc) is 2.71. The molecule has 1 unspecified atom stereocenters. The van der Waals surface area contributed by atoms with Gasteiger partial charge in [-0.05, 0) is 55.4 Å². The molecule has 3 heteroatoms. The fraction of sp³-hybridized carbons (Fsp3) is 0.579. The summed E-state index contributed by atoms with van der Waals surface area (Å²) in [5, 5.41) is 3.06. The van der Waals surface area contributed by atoms with E-state index in [2.05, 4.69) is 24.4 Å². The van der Waals surface area contributed by atoms with Crippen LogP contribution in [0, 0.1) is 13.8 Å². The topological polar surface area (TPSA) is 46.2 Å². The number of nitrogens with one attached hydrogen (secondary N) is 1. The predicted molar refractivity (Wildman–Crippen MR) is 87.0 cm³/mol. The average molecular weight is 299 g/mol. The number of benzene rings is 1. The fourth-order valence-corrected chi connectivity index (χ4v) is 4.28. The van der Waals surface area contributed by atoms with Crippen LogP contribution in [0.15, 0.2) is 12.1 Å². The first-order chi connectivity index (χ1) is 10.5. The Balaban J connectivity index is 2.02. The summed E-state index contributed by atoms with van der Waals surface area (Å²) in [4.78, 5) is 25.7. The fourth-order valence-electron chi connectivity index (χ4n) is 4.28. The smallest absolute Gasteiger partial charge is 0.235 e. The molecule has 2 aliphatic rings. The van der Waals surface area contributed by atoms with E-state index in [-0.39, 0.29) is 11.7 Å². The molecule has 0 bridgehead atoms. The van der Waals surface area contributed by atoms with E-state index in [1.807, 2.05) is 13.8 Å². The van der Waals surface area contributed by atoms with Crippen LogP contribution < -0.4 is 5.32 Å². The molecule has 1 aliphatic carbocycles. The van der Waals surface area contributed by atoms with Crippen molar-refractivity contribution < 1.29 is 9.59 Å². The van der Waals surface area contributed by atoms with Crippen LogP contribution in [0.1, 0.15) is 67.2 Å². The van der Waals surface area contributed by atoms with Gasteiger partial charge in [-0.1, -0.05) is 38.3 Å². The van der Waals surface area contributed by atoms with Gasteiger partial charge in [0.25, 0.3) is 0 Å². The minimum atomic E-state index is -0.607. The van der Waals surface area contributed by atoms with Crippen molar-refractivity contribution in [2.45, 2.75) is 70.8 Å². The molecular formula is C19H25NO2. The van der Waals surface area contributed by atoms with Crippen LogP contribution in [-0.2, 0) is 16.0 Å². The second-order valence-corrected chi connectivity index (χ2v) is 6.93. The Kier molecular flexibility index (Phi) is 3.84. The lowest BCUT2D eigenvalue weighted by molar-refractivity contribution is -0.125. The molecule has 1 aromatic rings. The zero-order valence-electron chi connectivity index (χ0n) is 13.8. The molecule has 1 saturated carbocycles. The van der Waals surface area contributed by atoms with Gasteiger partial charge >= 0.3 is 0 Å². The zero-order valence-corrected chi connectivity index (χ0v) is 13.8. The molecule has 118 valence electrons. The van der Waals surface area contributed by atoms with Crippen molar-refractivity contribution in [2.75, 3.05) is 0 Å². The van der Waals surface area contributed by atoms with Crippen LogP contribution in [0.4, 0.5) is 0 Å². The van der Waals surface area contributed by atoms with Crippen molar-refractivity contribution in [3.05, 3.63) is 34.4 Å². The van der Waals surface area contributed by atoms with Crippen molar-refractivity contribution in [3.63, 3.8) is 0 Å². The molecule has 1 aromatic carbocycles. The van der Waals surface area contributed by atoms with Gasteiger partial charge in [-0.25, -0.2) is 0 Å². The molecule has 2 fully saturated rings. The van der Waals surface area contributed by atoms with Crippen LogP contribution in [0.25, 0.3) is 0 Å². The number of ketones is 1. The highest BCUT2D eigenvalue weighted by Gasteiger charge is 2.53. The van der Waals surface area contributed by atoms with Crippen LogP contribution in [-0.4, -0.2) is 17.2 Å². The highest BCUT2D eigenvalue weighted by Crippen LogP contribution is 2.40. The van der Waals surface area contributed by atoms with Gasteiger partial charge in [-0.2, -0.15) is 0 Å². The largest absolute Gasteiger partial charge is 0.343 e. The molecule has 1 amide bonds. The molecule has 3 nitrogen and oxygen atoms in total. The van der Waals surface area contributed by atoms with E-state index < -0.39 is 11.5 Å². The van der Waals surface area contributed by atoms with Crippen molar-refractivity contribution in [1.29, 1.82) is 0 Å². The third-order valence-electron chi connectivity index (χ3n) is 5.42. The lowest BCUT2D eigenvalue weighted by Gasteiger charge is -2.31. The van der Waals surface area contributed by atoms with Crippen LogP contribution in [0.3, 0.4) is 0 Å². The zero-order chi connectivity index (χ0) is 15.9. The minimum absolute atomic E-state index is 0.0950. The SMILES string of the molecule is CCc1cc(C)c(C2C(=O)NC3(CCCCC3)C2=O)c(C)c1. The Hall–Kier alpha value is -1.64. The molecule has 1 atom stereocenters. The van der Waals surface area contributed by atoms with E-state index in [0.29, 0.717) is 0 Å². The van der Waals surface area contributed by atoms with Gasteiger partial charge in [0, 0.05) is 0 Å². The van der Waals surface area contributed by atoms with Crippen molar-refractivity contribution in [3.8, 4) is 0 Å². The third kappa shape index (κ3) is 2.27. The minimum Gasteiger partial charge on any atom is -0.343 e. The number of carbonyl (C=O) groups excluding carboxylic acids is 2. The monoisotopic (exact) mass is 299 g/mol. The van der Waals surface area contributed by atoms with Gasteiger partial charge < -0.3 is 5.32 Å². The maximum absolute atomic E-state index is 13.1. The second-order valence-electron chi connectivity index (χ2n) is 6.93. The Labute approximate surface area is 132 Å². The summed E-state index contributed by atoms with van der Waals surface area (Å²) in [5.74, 6) is -0.598. The number of amides is 1. The first-order valence-electron chi connectivity index (χ1n) is 8.45. The summed E-state index contributed by atoms with van der Waals surface area (Å²) in [5.41, 5.74) is 3.75. The molecule has 1 N–H and O–H groups in total. The molecule has 1 saturated heterocycles. The van der Waals surface area contributed by atoms with Crippen molar-refractivity contribution in [2.24, 2.45) is 0 Å². The van der Waals surface area contributed by atoms with Gasteiger partial charge in [0.1, 0.15) is 5.92 Å². The van der Waals surface area contributed by atoms with Crippen LogP contribution in [0.2, 0.25) is 0 Å². The number of carbonyl (C=O) groups is 2. The number of hydrogen-bond acceptors (Lipinski definition) is 2. The molecule has 3 rings (SSSR count). The predicted octanol–water partition coefficient (Wildman–Crippen LogP) is 3.35.